The molecule has 0 aliphatic rings. The van der Waals surface area contributed by atoms with E-state index in [1.807, 2.05) is 31.2 Å². The Labute approximate surface area is 70.9 Å². The summed E-state index contributed by atoms with van der Waals surface area (Å²) in [5, 5.41) is 0. The monoisotopic (exact) mass is 159 g/mol. The minimum atomic E-state index is 0.911. The van der Waals surface area contributed by atoms with Crippen LogP contribution in [0.4, 0.5) is 0 Å². The van der Waals surface area contributed by atoms with Gasteiger partial charge in [0.25, 0.3) is 0 Å². The zero-order valence-electron chi connectivity index (χ0n) is 6.82. The number of hydrogen-bond donors (Lipinski definition) is 0. The van der Waals surface area contributed by atoms with Crippen molar-refractivity contribution in [3.63, 3.8) is 0 Å². The summed E-state index contributed by atoms with van der Waals surface area (Å²) >= 11 is 0. The third kappa shape index (κ3) is 1.11. The van der Waals surface area contributed by atoms with Crippen LogP contribution in [0.2, 0.25) is 0 Å². The Hall–Kier alpha value is -1.57. The summed E-state index contributed by atoms with van der Waals surface area (Å²) in [6.07, 6.45) is 3.46. The second-order valence-electron chi connectivity index (χ2n) is 2.61. The van der Waals surface area contributed by atoms with Crippen LogP contribution in [0.3, 0.4) is 0 Å². The van der Waals surface area contributed by atoms with E-state index in [-0.39, 0.29) is 0 Å². The molecule has 2 rings (SSSR count). The molecule has 0 amide bonds. The van der Waals surface area contributed by atoms with Crippen molar-refractivity contribution < 1.29 is 4.42 Å². The van der Waals surface area contributed by atoms with Gasteiger partial charge in [0.1, 0.15) is 5.76 Å². The average molecular weight is 159 g/mol. The van der Waals surface area contributed by atoms with Crippen LogP contribution < -0.4 is 0 Å². The Morgan fingerprint density at radius 2 is 2.17 bits per heavy atom. The standard InChI is InChI=1S/C10H9NO/c1-8-9(5-7-12-8)10-4-2-3-6-11-10/h2-7H,1H3. The highest BCUT2D eigenvalue weighted by Crippen LogP contribution is 2.20. The van der Waals surface area contributed by atoms with Crippen molar-refractivity contribution in [2.75, 3.05) is 0 Å². The Bertz CT molecular complexity index is 364. The van der Waals surface area contributed by atoms with E-state index in [0.29, 0.717) is 0 Å². The third-order valence-electron chi connectivity index (χ3n) is 1.80. The first-order chi connectivity index (χ1) is 5.88. The van der Waals surface area contributed by atoms with Crippen LogP contribution in [0, 0.1) is 6.92 Å². The smallest absolute Gasteiger partial charge is 0.110 e. The maximum absolute atomic E-state index is 5.18. The van der Waals surface area contributed by atoms with Crippen LogP contribution >= 0.6 is 0 Å². The molecule has 0 spiro atoms. The maximum Gasteiger partial charge on any atom is 0.110 e. The lowest BCUT2D eigenvalue weighted by atomic mass is 10.2. The van der Waals surface area contributed by atoms with Crippen molar-refractivity contribution in [3.8, 4) is 11.3 Å². The molecule has 0 saturated carbocycles. The normalized spacial score (nSPS) is 10.1. The summed E-state index contributed by atoms with van der Waals surface area (Å²) in [5.74, 6) is 0.911. The summed E-state index contributed by atoms with van der Waals surface area (Å²) in [7, 11) is 0. The van der Waals surface area contributed by atoms with Crippen molar-refractivity contribution in [2.45, 2.75) is 6.92 Å². The molecule has 2 heterocycles. The van der Waals surface area contributed by atoms with E-state index >= 15 is 0 Å². The van der Waals surface area contributed by atoms with Gasteiger partial charge >= 0.3 is 0 Å². The molecule has 0 atom stereocenters. The molecule has 2 heteroatoms. The third-order valence-corrected chi connectivity index (χ3v) is 1.80. The Morgan fingerprint density at radius 3 is 2.75 bits per heavy atom. The van der Waals surface area contributed by atoms with Gasteiger partial charge in [-0.3, -0.25) is 4.98 Å². The summed E-state index contributed by atoms with van der Waals surface area (Å²) in [5.41, 5.74) is 2.03. The second-order valence-corrected chi connectivity index (χ2v) is 2.61. The van der Waals surface area contributed by atoms with Crippen molar-refractivity contribution in [1.29, 1.82) is 0 Å². The van der Waals surface area contributed by atoms with Gasteiger partial charge in [0.15, 0.2) is 0 Å². The molecule has 0 unspecified atom stereocenters. The molecule has 0 aliphatic carbocycles. The number of aromatic nitrogens is 1. The van der Waals surface area contributed by atoms with Gasteiger partial charge in [0.2, 0.25) is 0 Å². The highest BCUT2D eigenvalue weighted by atomic mass is 16.3. The van der Waals surface area contributed by atoms with E-state index in [1.165, 1.54) is 0 Å². The average Bonchev–Trinajstić information content (AvgIpc) is 2.53. The van der Waals surface area contributed by atoms with E-state index in [9.17, 15) is 0 Å². The highest BCUT2D eigenvalue weighted by Gasteiger charge is 2.03. The second kappa shape index (κ2) is 2.81. The predicted octanol–water partition coefficient (Wildman–Crippen LogP) is 2.65. The zero-order valence-corrected chi connectivity index (χ0v) is 6.82. The largest absolute Gasteiger partial charge is 0.469 e. The van der Waals surface area contributed by atoms with Crippen molar-refractivity contribution in [1.82, 2.24) is 4.98 Å². The van der Waals surface area contributed by atoms with E-state index in [4.69, 9.17) is 4.42 Å². The molecule has 0 fully saturated rings. The van der Waals surface area contributed by atoms with Gasteiger partial charge in [0.05, 0.1) is 12.0 Å². The topological polar surface area (TPSA) is 26.0 Å². The minimum Gasteiger partial charge on any atom is -0.469 e. The quantitative estimate of drug-likeness (QED) is 0.639. The van der Waals surface area contributed by atoms with Crippen molar-refractivity contribution in [3.05, 3.63) is 42.5 Å². The molecule has 0 aliphatic heterocycles. The molecule has 0 radical (unpaired) electrons. The molecule has 0 aromatic carbocycles. The first kappa shape index (κ1) is 7.10. The molecule has 0 N–H and O–H groups in total. The number of rotatable bonds is 1. The molecular weight excluding hydrogens is 150 g/mol. The van der Waals surface area contributed by atoms with Gasteiger partial charge in [-0.25, -0.2) is 0 Å². The predicted molar refractivity (Wildman–Crippen MR) is 46.7 cm³/mol. The van der Waals surface area contributed by atoms with Crippen LogP contribution in [0.5, 0.6) is 0 Å². The van der Waals surface area contributed by atoms with E-state index in [2.05, 4.69) is 4.98 Å². The number of aryl methyl sites for hydroxylation is 1. The summed E-state index contributed by atoms with van der Waals surface area (Å²) < 4.78 is 5.18. The summed E-state index contributed by atoms with van der Waals surface area (Å²) in [6.45, 7) is 1.93. The van der Waals surface area contributed by atoms with Gasteiger partial charge in [-0.2, -0.15) is 0 Å². The Morgan fingerprint density at radius 1 is 1.25 bits per heavy atom. The van der Waals surface area contributed by atoms with Gasteiger partial charge in [-0.05, 0) is 25.1 Å². The molecular formula is C10H9NO. The van der Waals surface area contributed by atoms with Crippen LogP contribution in [0.25, 0.3) is 11.3 Å². The van der Waals surface area contributed by atoms with Gasteiger partial charge < -0.3 is 4.42 Å². The lowest BCUT2D eigenvalue weighted by Crippen LogP contribution is -1.80. The molecule has 2 aromatic rings. The van der Waals surface area contributed by atoms with Gasteiger partial charge in [-0.15, -0.1) is 0 Å². The molecule has 60 valence electrons. The fraction of sp³-hybridized carbons (Fsp3) is 0.100. The Balaban J connectivity index is 2.51. The van der Waals surface area contributed by atoms with Crippen molar-refractivity contribution in [2.24, 2.45) is 0 Å². The van der Waals surface area contributed by atoms with Crippen molar-refractivity contribution >= 4 is 0 Å². The van der Waals surface area contributed by atoms with Crippen LogP contribution in [-0.4, -0.2) is 4.98 Å². The Kier molecular flexibility index (Phi) is 1.67. The first-order valence-electron chi connectivity index (χ1n) is 3.83. The minimum absolute atomic E-state index is 0.911. The van der Waals surface area contributed by atoms with E-state index in [0.717, 1.165) is 17.0 Å². The lowest BCUT2D eigenvalue weighted by Gasteiger charge is -1.95. The zero-order chi connectivity index (χ0) is 8.39. The lowest BCUT2D eigenvalue weighted by molar-refractivity contribution is 0.535. The fourth-order valence-electron chi connectivity index (χ4n) is 1.17. The fourth-order valence-corrected chi connectivity index (χ4v) is 1.17. The van der Waals surface area contributed by atoms with E-state index < -0.39 is 0 Å². The number of furan rings is 1. The number of nitrogens with zero attached hydrogens (tertiary/aromatic N) is 1. The van der Waals surface area contributed by atoms with E-state index in [1.54, 1.807) is 12.5 Å². The maximum atomic E-state index is 5.18. The highest BCUT2D eigenvalue weighted by molar-refractivity contribution is 5.60. The molecule has 2 aromatic heterocycles. The first-order valence-corrected chi connectivity index (χ1v) is 3.83. The SMILES string of the molecule is Cc1occc1-c1ccccn1. The summed E-state index contributed by atoms with van der Waals surface area (Å²) in [4.78, 5) is 4.22. The molecule has 12 heavy (non-hydrogen) atoms. The van der Waals surface area contributed by atoms with Crippen LogP contribution in [0.1, 0.15) is 5.76 Å². The number of pyridine rings is 1. The van der Waals surface area contributed by atoms with Crippen LogP contribution in [-0.2, 0) is 0 Å². The molecule has 0 saturated heterocycles. The molecule has 2 nitrogen and oxygen atoms in total. The van der Waals surface area contributed by atoms with Crippen LogP contribution in [0.15, 0.2) is 41.1 Å². The van der Waals surface area contributed by atoms with Gasteiger partial charge in [-0.1, -0.05) is 6.07 Å². The number of hydrogen-bond acceptors (Lipinski definition) is 2. The van der Waals surface area contributed by atoms with Gasteiger partial charge in [0, 0.05) is 11.8 Å². The molecule has 0 bridgehead atoms. The summed E-state index contributed by atoms with van der Waals surface area (Å²) in [6, 6.07) is 7.77.